The summed E-state index contributed by atoms with van der Waals surface area (Å²) in [5.41, 5.74) is 5.25. The normalized spacial score (nSPS) is 10.8. The zero-order valence-corrected chi connectivity index (χ0v) is 10.1. The number of hydrogen-bond donors (Lipinski definition) is 1. The quantitative estimate of drug-likeness (QED) is 0.780. The molecule has 0 spiro atoms. The van der Waals surface area contributed by atoms with Gasteiger partial charge in [-0.1, -0.05) is 23.8 Å². The highest BCUT2D eigenvalue weighted by atomic mass is 16.1. The molecule has 0 radical (unpaired) electrons. The summed E-state index contributed by atoms with van der Waals surface area (Å²) in [5.74, 6) is 0. The van der Waals surface area contributed by atoms with Gasteiger partial charge in [-0.3, -0.25) is 14.6 Å². The predicted molar refractivity (Wildman–Crippen MR) is 65.7 cm³/mol. The topological polar surface area (TPSA) is 37.8 Å². The van der Waals surface area contributed by atoms with Crippen LogP contribution >= 0.6 is 0 Å². The maximum Gasteiger partial charge on any atom is 0.269 e. The highest BCUT2D eigenvalue weighted by Gasteiger charge is 2.11. The van der Waals surface area contributed by atoms with Crippen LogP contribution < -0.4 is 5.56 Å². The second-order valence-electron chi connectivity index (χ2n) is 4.29. The van der Waals surface area contributed by atoms with Crippen LogP contribution in [-0.4, -0.2) is 9.78 Å². The van der Waals surface area contributed by atoms with Crippen LogP contribution in [0, 0.1) is 20.8 Å². The molecule has 84 valence electrons. The van der Waals surface area contributed by atoms with Crippen molar-refractivity contribution in [2.75, 3.05) is 0 Å². The number of aromatic amines is 1. The van der Waals surface area contributed by atoms with E-state index in [0.717, 1.165) is 16.8 Å². The first-order valence-corrected chi connectivity index (χ1v) is 5.34. The van der Waals surface area contributed by atoms with E-state index in [-0.39, 0.29) is 5.56 Å². The molecular weight excluding hydrogens is 200 g/mol. The lowest BCUT2D eigenvalue weighted by atomic mass is 10.0. The summed E-state index contributed by atoms with van der Waals surface area (Å²) in [6.07, 6.45) is 0. The van der Waals surface area contributed by atoms with E-state index in [9.17, 15) is 4.79 Å². The molecule has 1 aromatic carbocycles. The Balaban J connectivity index is 2.68. The Morgan fingerprint density at radius 3 is 2.38 bits per heavy atom. The van der Waals surface area contributed by atoms with Gasteiger partial charge in [0, 0.05) is 18.2 Å². The zero-order valence-electron chi connectivity index (χ0n) is 10.1. The molecule has 0 saturated heterocycles. The molecule has 0 unspecified atom stereocenters. The van der Waals surface area contributed by atoms with Gasteiger partial charge in [0.1, 0.15) is 0 Å². The molecule has 1 N–H and O–H groups in total. The fourth-order valence-corrected chi connectivity index (χ4v) is 2.02. The van der Waals surface area contributed by atoms with E-state index >= 15 is 0 Å². The lowest BCUT2D eigenvalue weighted by Crippen LogP contribution is -2.12. The molecule has 0 amide bonds. The maximum absolute atomic E-state index is 11.7. The third-order valence-electron chi connectivity index (χ3n) is 2.93. The Bertz CT molecular complexity index is 590. The van der Waals surface area contributed by atoms with Gasteiger partial charge < -0.3 is 0 Å². The van der Waals surface area contributed by atoms with Gasteiger partial charge in [0.05, 0.1) is 5.69 Å². The molecule has 1 heterocycles. The summed E-state index contributed by atoms with van der Waals surface area (Å²) in [5, 5.41) is 3.09. The lowest BCUT2D eigenvalue weighted by molar-refractivity contribution is 0.741. The highest BCUT2D eigenvalue weighted by molar-refractivity contribution is 5.66. The molecule has 3 heteroatoms. The van der Waals surface area contributed by atoms with Gasteiger partial charge in [-0.15, -0.1) is 0 Å². The van der Waals surface area contributed by atoms with E-state index < -0.39 is 0 Å². The van der Waals surface area contributed by atoms with Crippen molar-refractivity contribution in [3.8, 4) is 11.3 Å². The number of aryl methyl sites for hydroxylation is 3. The number of aromatic nitrogens is 2. The Kier molecular flexibility index (Phi) is 2.46. The van der Waals surface area contributed by atoms with Crippen LogP contribution in [0.5, 0.6) is 0 Å². The smallest absolute Gasteiger partial charge is 0.269 e. The van der Waals surface area contributed by atoms with E-state index in [1.807, 2.05) is 6.92 Å². The molecule has 3 nitrogen and oxygen atoms in total. The summed E-state index contributed by atoms with van der Waals surface area (Å²) >= 11 is 0. The van der Waals surface area contributed by atoms with Gasteiger partial charge in [0.15, 0.2) is 0 Å². The Hall–Kier alpha value is -1.77. The van der Waals surface area contributed by atoms with Crippen molar-refractivity contribution in [2.45, 2.75) is 20.8 Å². The van der Waals surface area contributed by atoms with Crippen molar-refractivity contribution in [3.63, 3.8) is 0 Å². The summed E-state index contributed by atoms with van der Waals surface area (Å²) in [6.45, 7) is 5.98. The number of hydrogen-bond acceptors (Lipinski definition) is 1. The van der Waals surface area contributed by atoms with Gasteiger partial charge in [0.2, 0.25) is 0 Å². The maximum atomic E-state index is 11.7. The average Bonchev–Trinajstić information content (AvgIpc) is 2.46. The fraction of sp³-hybridized carbons (Fsp3) is 0.308. The summed E-state index contributed by atoms with van der Waals surface area (Å²) in [4.78, 5) is 11.7. The molecule has 16 heavy (non-hydrogen) atoms. The molecule has 0 aliphatic rings. The van der Waals surface area contributed by atoms with Crippen LogP contribution in [-0.2, 0) is 7.05 Å². The van der Waals surface area contributed by atoms with Crippen molar-refractivity contribution in [2.24, 2.45) is 7.05 Å². The van der Waals surface area contributed by atoms with Crippen molar-refractivity contribution in [1.29, 1.82) is 0 Å². The Morgan fingerprint density at radius 2 is 1.88 bits per heavy atom. The number of benzene rings is 1. The fourth-order valence-electron chi connectivity index (χ4n) is 2.02. The average molecular weight is 216 g/mol. The van der Waals surface area contributed by atoms with Gasteiger partial charge >= 0.3 is 0 Å². The zero-order chi connectivity index (χ0) is 11.9. The summed E-state index contributed by atoms with van der Waals surface area (Å²) in [6, 6.07) is 6.25. The van der Waals surface area contributed by atoms with E-state index in [2.05, 4.69) is 37.1 Å². The highest BCUT2D eigenvalue weighted by Crippen LogP contribution is 2.23. The molecule has 0 fully saturated rings. The molecule has 1 aromatic heterocycles. The predicted octanol–water partition coefficient (Wildman–Crippen LogP) is 2.31. The SMILES string of the molecule is Cc1ccc(-c2[nH]n(C)c(=O)c2C)c(C)c1. The first-order chi connectivity index (χ1) is 7.50. The first-order valence-electron chi connectivity index (χ1n) is 5.34. The number of rotatable bonds is 1. The number of H-pyrrole nitrogens is 1. The van der Waals surface area contributed by atoms with Crippen molar-refractivity contribution in [3.05, 3.63) is 45.2 Å². The molecule has 0 saturated carbocycles. The van der Waals surface area contributed by atoms with Crippen LogP contribution in [0.1, 0.15) is 16.7 Å². The minimum atomic E-state index is 0.0370. The molecule has 0 aliphatic heterocycles. The van der Waals surface area contributed by atoms with E-state index in [1.54, 1.807) is 7.05 Å². The largest absolute Gasteiger partial charge is 0.295 e. The second kappa shape index (κ2) is 3.67. The first kappa shape index (κ1) is 10.7. The van der Waals surface area contributed by atoms with Crippen LogP contribution in [0.15, 0.2) is 23.0 Å². The van der Waals surface area contributed by atoms with Gasteiger partial charge in [-0.25, -0.2) is 0 Å². The third kappa shape index (κ3) is 1.58. The Labute approximate surface area is 94.7 Å². The lowest BCUT2D eigenvalue weighted by Gasteiger charge is -2.05. The van der Waals surface area contributed by atoms with Gasteiger partial charge in [-0.05, 0) is 26.3 Å². The Morgan fingerprint density at radius 1 is 1.19 bits per heavy atom. The van der Waals surface area contributed by atoms with Gasteiger partial charge in [-0.2, -0.15) is 0 Å². The van der Waals surface area contributed by atoms with Crippen LogP contribution in [0.3, 0.4) is 0 Å². The number of nitrogens with zero attached hydrogens (tertiary/aromatic N) is 1. The molecule has 2 rings (SSSR count). The molecule has 0 aliphatic carbocycles. The van der Waals surface area contributed by atoms with Crippen molar-refractivity contribution < 1.29 is 0 Å². The van der Waals surface area contributed by atoms with Crippen molar-refractivity contribution in [1.82, 2.24) is 9.78 Å². The third-order valence-corrected chi connectivity index (χ3v) is 2.93. The molecular formula is C13H16N2O. The summed E-state index contributed by atoms with van der Waals surface area (Å²) in [7, 11) is 1.74. The minimum Gasteiger partial charge on any atom is -0.295 e. The van der Waals surface area contributed by atoms with Crippen LogP contribution in [0.25, 0.3) is 11.3 Å². The number of nitrogens with one attached hydrogen (secondary N) is 1. The van der Waals surface area contributed by atoms with Crippen LogP contribution in [0.4, 0.5) is 0 Å². The van der Waals surface area contributed by atoms with E-state index in [4.69, 9.17) is 0 Å². The second-order valence-corrected chi connectivity index (χ2v) is 4.29. The molecule has 0 atom stereocenters. The van der Waals surface area contributed by atoms with Gasteiger partial charge in [0.25, 0.3) is 5.56 Å². The minimum absolute atomic E-state index is 0.0370. The molecule has 0 bridgehead atoms. The molecule has 2 aromatic rings. The van der Waals surface area contributed by atoms with E-state index in [1.165, 1.54) is 15.8 Å². The van der Waals surface area contributed by atoms with E-state index in [0.29, 0.717) is 0 Å². The summed E-state index contributed by atoms with van der Waals surface area (Å²) < 4.78 is 1.52. The van der Waals surface area contributed by atoms with Crippen LogP contribution in [0.2, 0.25) is 0 Å². The monoisotopic (exact) mass is 216 g/mol. The van der Waals surface area contributed by atoms with Crippen molar-refractivity contribution >= 4 is 0 Å². The standard InChI is InChI=1S/C13H16N2O/c1-8-5-6-11(9(2)7-8)12-10(3)13(16)15(4)14-12/h5-7,14H,1-4H3.